The van der Waals surface area contributed by atoms with Crippen molar-refractivity contribution in [3.8, 4) is 11.5 Å². The predicted molar refractivity (Wildman–Crippen MR) is 143 cm³/mol. The topological polar surface area (TPSA) is 42.3 Å². The number of aryl methyl sites for hydroxylation is 1. The van der Waals surface area contributed by atoms with Gasteiger partial charge in [-0.1, -0.05) is 24.3 Å². The van der Waals surface area contributed by atoms with Gasteiger partial charge in [0, 0.05) is 29.3 Å². The Morgan fingerprint density at radius 2 is 1.63 bits per heavy atom. The summed E-state index contributed by atoms with van der Waals surface area (Å²) in [6.07, 6.45) is 4.36. The van der Waals surface area contributed by atoms with E-state index < -0.39 is 0 Å². The predicted octanol–water partition coefficient (Wildman–Crippen LogP) is 6.80. The van der Waals surface area contributed by atoms with Crippen LogP contribution in [0.4, 0.5) is 5.69 Å². The molecule has 6 rings (SSSR count). The van der Waals surface area contributed by atoms with Crippen molar-refractivity contribution in [2.24, 2.45) is 0 Å². The molecular formula is C29H28N4OS. The average Bonchev–Trinajstić information content (AvgIpc) is 3.59. The standard InChI is InChI=1S/C29H28N4OS/c1-19-18-25(20(2)32(19)21-11-12-21)28-27(26-10-6-7-17-30-26)31-29(35)33(28)22-13-15-24(16-14-22)34-23-8-4-3-5-9-23/h3-10,13-18,21,27-28H,11-12H2,1-2H3,(H,31,35)/t27-,28+/m1/s1. The number of para-hydroxylation sites is 1. The second kappa shape index (κ2) is 8.86. The summed E-state index contributed by atoms with van der Waals surface area (Å²) in [4.78, 5) is 6.93. The van der Waals surface area contributed by atoms with Gasteiger partial charge in [0.1, 0.15) is 11.5 Å². The lowest BCUT2D eigenvalue weighted by atomic mass is 9.96. The molecule has 176 valence electrons. The van der Waals surface area contributed by atoms with Gasteiger partial charge in [-0.2, -0.15) is 0 Å². The van der Waals surface area contributed by atoms with E-state index in [1.54, 1.807) is 0 Å². The Morgan fingerprint density at radius 3 is 2.31 bits per heavy atom. The molecule has 5 nitrogen and oxygen atoms in total. The van der Waals surface area contributed by atoms with E-state index in [4.69, 9.17) is 21.9 Å². The summed E-state index contributed by atoms with van der Waals surface area (Å²) in [6.45, 7) is 4.46. The second-order valence-electron chi connectivity index (χ2n) is 9.33. The minimum atomic E-state index is -0.0444. The lowest BCUT2D eigenvalue weighted by molar-refractivity contribution is 0.482. The van der Waals surface area contributed by atoms with Gasteiger partial charge in [0.05, 0.1) is 17.8 Å². The van der Waals surface area contributed by atoms with E-state index in [9.17, 15) is 0 Å². The molecule has 2 atom stereocenters. The highest BCUT2D eigenvalue weighted by molar-refractivity contribution is 7.80. The molecule has 1 aliphatic heterocycles. The normalized spacial score (nSPS) is 19.6. The number of nitrogens with zero attached hydrogens (tertiary/aromatic N) is 3. The lowest BCUT2D eigenvalue weighted by Crippen LogP contribution is -2.29. The molecular weight excluding hydrogens is 452 g/mol. The smallest absolute Gasteiger partial charge is 0.174 e. The molecule has 2 aliphatic rings. The van der Waals surface area contributed by atoms with Crippen LogP contribution in [0.1, 0.15) is 53.6 Å². The number of rotatable bonds is 6. The molecule has 2 aromatic heterocycles. The second-order valence-corrected chi connectivity index (χ2v) is 9.72. The highest BCUT2D eigenvalue weighted by atomic mass is 32.1. The SMILES string of the molecule is Cc1cc([C@H]2[C@@H](c3ccccn3)NC(=S)N2c2ccc(Oc3ccccc3)cc2)c(C)n1C1CC1. The van der Waals surface area contributed by atoms with Gasteiger partial charge in [0.2, 0.25) is 0 Å². The summed E-state index contributed by atoms with van der Waals surface area (Å²) in [5.41, 5.74) is 5.94. The Labute approximate surface area is 211 Å². The van der Waals surface area contributed by atoms with Crippen LogP contribution in [0, 0.1) is 13.8 Å². The van der Waals surface area contributed by atoms with Crippen LogP contribution < -0.4 is 15.0 Å². The number of anilines is 1. The fraction of sp³-hybridized carbons (Fsp3) is 0.241. The average molecular weight is 481 g/mol. The molecule has 0 radical (unpaired) electrons. The third kappa shape index (κ3) is 4.08. The third-order valence-corrected chi connectivity index (χ3v) is 7.26. The number of pyridine rings is 1. The van der Waals surface area contributed by atoms with Crippen molar-refractivity contribution >= 4 is 23.0 Å². The Bertz CT molecular complexity index is 1350. The number of thiocarbonyl (C=S) groups is 1. The third-order valence-electron chi connectivity index (χ3n) is 6.95. The fourth-order valence-electron chi connectivity index (χ4n) is 5.25. The maximum Gasteiger partial charge on any atom is 0.174 e. The Morgan fingerprint density at radius 1 is 0.914 bits per heavy atom. The summed E-state index contributed by atoms with van der Waals surface area (Å²) in [6, 6.07) is 27.0. The zero-order valence-corrected chi connectivity index (χ0v) is 20.7. The Balaban J connectivity index is 1.39. The van der Waals surface area contributed by atoms with Crippen LogP contribution in [0.25, 0.3) is 0 Å². The van der Waals surface area contributed by atoms with E-state index in [1.807, 2.05) is 60.8 Å². The minimum absolute atomic E-state index is 0.00279. The molecule has 3 heterocycles. The Hall–Kier alpha value is -3.64. The molecule has 1 saturated heterocycles. The molecule has 1 N–H and O–H groups in total. The molecule has 35 heavy (non-hydrogen) atoms. The summed E-state index contributed by atoms with van der Waals surface area (Å²) < 4.78 is 8.52. The van der Waals surface area contributed by atoms with E-state index in [-0.39, 0.29) is 12.1 Å². The van der Waals surface area contributed by atoms with Crippen molar-refractivity contribution in [2.45, 2.75) is 44.8 Å². The number of nitrogens with one attached hydrogen (secondary N) is 1. The van der Waals surface area contributed by atoms with Gasteiger partial charge in [-0.15, -0.1) is 0 Å². The van der Waals surface area contributed by atoms with Crippen LogP contribution in [0.15, 0.2) is 85.1 Å². The van der Waals surface area contributed by atoms with Crippen molar-refractivity contribution < 1.29 is 4.74 Å². The van der Waals surface area contributed by atoms with E-state index >= 15 is 0 Å². The number of ether oxygens (including phenoxy) is 1. The van der Waals surface area contributed by atoms with Crippen LogP contribution >= 0.6 is 12.2 Å². The van der Waals surface area contributed by atoms with Crippen LogP contribution in [0.2, 0.25) is 0 Å². The first-order chi connectivity index (χ1) is 17.1. The van der Waals surface area contributed by atoms with Crippen LogP contribution in [-0.2, 0) is 0 Å². The maximum atomic E-state index is 6.02. The molecule has 0 bridgehead atoms. The molecule has 2 aromatic carbocycles. The van der Waals surface area contributed by atoms with Gasteiger partial charge in [-0.3, -0.25) is 4.98 Å². The molecule has 6 heteroatoms. The fourth-order valence-corrected chi connectivity index (χ4v) is 5.59. The minimum Gasteiger partial charge on any atom is -0.457 e. The first-order valence-corrected chi connectivity index (χ1v) is 12.5. The summed E-state index contributed by atoms with van der Waals surface area (Å²) >= 11 is 5.91. The first kappa shape index (κ1) is 21.9. The van der Waals surface area contributed by atoms with E-state index in [2.05, 4.69) is 52.9 Å². The van der Waals surface area contributed by atoms with E-state index in [0.717, 1.165) is 22.9 Å². The number of aromatic nitrogens is 2. The molecule has 2 fully saturated rings. The molecule has 0 amide bonds. The quantitative estimate of drug-likeness (QED) is 0.307. The highest BCUT2D eigenvalue weighted by Gasteiger charge is 2.43. The van der Waals surface area contributed by atoms with Crippen LogP contribution in [-0.4, -0.2) is 14.7 Å². The summed E-state index contributed by atoms with van der Waals surface area (Å²) in [5, 5.41) is 4.28. The van der Waals surface area contributed by atoms with Gasteiger partial charge >= 0.3 is 0 Å². The van der Waals surface area contributed by atoms with Crippen LogP contribution in [0.3, 0.4) is 0 Å². The summed E-state index contributed by atoms with van der Waals surface area (Å²) in [5.74, 6) is 1.61. The van der Waals surface area contributed by atoms with Crippen molar-refractivity contribution in [3.05, 3.63) is 108 Å². The van der Waals surface area contributed by atoms with Gasteiger partial charge in [-0.05, 0) is 99.1 Å². The van der Waals surface area contributed by atoms with Crippen molar-refractivity contribution in [3.63, 3.8) is 0 Å². The zero-order valence-electron chi connectivity index (χ0n) is 19.9. The number of hydrogen-bond donors (Lipinski definition) is 1. The van der Waals surface area contributed by atoms with Gasteiger partial charge in [-0.25, -0.2) is 0 Å². The summed E-state index contributed by atoms with van der Waals surface area (Å²) in [7, 11) is 0. The number of hydrogen-bond acceptors (Lipinski definition) is 3. The van der Waals surface area contributed by atoms with Crippen molar-refractivity contribution in [1.82, 2.24) is 14.9 Å². The lowest BCUT2D eigenvalue weighted by Gasteiger charge is -2.28. The monoisotopic (exact) mass is 480 g/mol. The molecule has 0 unspecified atom stereocenters. The largest absolute Gasteiger partial charge is 0.457 e. The van der Waals surface area contributed by atoms with Gasteiger partial charge in [0.25, 0.3) is 0 Å². The van der Waals surface area contributed by atoms with Crippen molar-refractivity contribution in [1.29, 1.82) is 0 Å². The maximum absolute atomic E-state index is 6.02. The van der Waals surface area contributed by atoms with Gasteiger partial charge < -0.3 is 19.5 Å². The van der Waals surface area contributed by atoms with Gasteiger partial charge in [0.15, 0.2) is 5.11 Å². The van der Waals surface area contributed by atoms with E-state index in [1.165, 1.54) is 29.8 Å². The molecule has 1 saturated carbocycles. The zero-order chi connectivity index (χ0) is 23.9. The van der Waals surface area contributed by atoms with E-state index in [0.29, 0.717) is 11.2 Å². The Kier molecular flexibility index (Phi) is 5.53. The van der Waals surface area contributed by atoms with Crippen molar-refractivity contribution in [2.75, 3.05) is 4.90 Å². The number of benzene rings is 2. The molecule has 1 aliphatic carbocycles. The molecule has 0 spiro atoms. The highest BCUT2D eigenvalue weighted by Crippen LogP contribution is 2.46. The first-order valence-electron chi connectivity index (χ1n) is 12.1. The molecule has 4 aromatic rings. The van der Waals surface area contributed by atoms with Crippen LogP contribution in [0.5, 0.6) is 11.5 Å².